The fourth-order valence-electron chi connectivity index (χ4n) is 5.17. The van der Waals surface area contributed by atoms with Gasteiger partial charge in [0.25, 0.3) is 0 Å². The summed E-state index contributed by atoms with van der Waals surface area (Å²) in [4.78, 5) is 14.9. The Morgan fingerprint density at radius 2 is 2.04 bits per heavy atom. The Balaban J connectivity index is 1.76. The van der Waals surface area contributed by atoms with Gasteiger partial charge in [0.05, 0.1) is 7.11 Å². The maximum Gasteiger partial charge on any atom is 0.231 e. The summed E-state index contributed by atoms with van der Waals surface area (Å²) in [5, 5.41) is 0. The SMILES string of the molecule is COC1=CC23CCN(C)C(Cc4cc5c(cc42)OCO5)[C@@H]3CC1=O. The largest absolute Gasteiger partial charge is 0.493 e. The molecule has 4 aliphatic rings. The van der Waals surface area contributed by atoms with Crippen LogP contribution in [0.15, 0.2) is 24.0 Å². The summed E-state index contributed by atoms with van der Waals surface area (Å²) < 4.78 is 16.6. The summed E-state index contributed by atoms with van der Waals surface area (Å²) in [7, 11) is 3.77. The van der Waals surface area contributed by atoms with Crippen molar-refractivity contribution in [1.82, 2.24) is 4.90 Å². The van der Waals surface area contributed by atoms with Gasteiger partial charge in [-0.1, -0.05) is 0 Å². The lowest BCUT2D eigenvalue weighted by atomic mass is 9.54. The zero-order valence-electron chi connectivity index (χ0n) is 14.0. The number of Topliss-reactive ketones (excluding diaryl/α,β-unsaturated/α-hetero) is 1. The molecule has 2 unspecified atom stereocenters. The molecule has 3 atom stereocenters. The van der Waals surface area contributed by atoms with E-state index in [4.69, 9.17) is 14.2 Å². The zero-order valence-corrected chi connectivity index (χ0v) is 14.0. The number of nitrogens with zero attached hydrogens (tertiary/aromatic N) is 1. The van der Waals surface area contributed by atoms with Gasteiger partial charge in [0.15, 0.2) is 23.0 Å². The molecule has 5 heteroatoms. The lowest BCUT2D eigenvalue weighted by Crippen LogP contribution is -2.60. The lowest BCUT2D eigenvalue weighted by molar-refractivity contribution is -0.122. The third kappa shape index (κ3) is 1.71. The smallest absolute Gasteiger partial charge is 0.231 e. The number of rotatable bonds is 1. The molecule has 0 radical (unpaired) electrons. The fraction of sp³-hybridized carbons (Fsp3) is 0.526. The van der Waals surface area contributed by atoms with Gasteiger partial charge in [0, 0.05) is 17.9 Å². The average molecular weight is 327 g/mol. The van der Waals surface area contributed by atoms with Crippen molar-refractivity contribution < 1.29 is 19.0 Å². The van der Waals surface area contributed by atoms with Crippen LogP contribution in [0.2, 0.25) is 0 Å². The number of hydrogen-bond donors (Lipinski definition) is 0. The number of carbonyl (C=O) groups excluding carboxylic acids is 1. The molecule has 1 aromatic carbocycles. The van der Waals surface area contributed by atoms with Gasteiger partial charge >= 0.3 is 0 Å². The Labute approximate surface area is 141 Å². The van der Waals surface area contributed by atoms with Gasteiger partial charge in [-0.05, 0) is 61.7 Å². The minimum atomic E-state index is -0.134. The van der Waals surface area contributed by atoms with E-state index >= 15 is 0 Å². The number of allylic oxidation sites excluding steroid dienone is 2. The number of carbonyl (C=O) groups is 1. The molecule has 2 bridgehead atoms. The van der Waals surface area contributed by atoms with Crippen LogP contribution in [-0.2, 0) is 21.4 Å². The standard InChI is InChI=1S/C19H21NO4/c1-20-4-3-19-9-18(22-2)15(21)7-13(19)14(20)5-11-6-16-17(8-12(11)19)24-10-23-16/h6,8-9,13-14H,3-5,7,10H2,1-2H3/t13-,14?,19?/m0/s1. The predicted octanol–water partition coefficient (Wildman–Crippen LogP) is 2.03. The average Bonchev–Trinajstić information content (AvgIpc) is 3.04. The number of piperidine rings is 1. The van der Waals surface area contributed by atoms with E-state index < -0.39 is 0 Å². The van der Waals surface area contributed by atoms with Gasteiger partial charge in [0.2, 0.25) is 6.79 Å². The van der Waals surface area contributed by atoms with Crippen LogP contribution in [0.1, 0.15) is 24.0 Å². The Bertz CT molecular complexity index is 771. The topological polar surface area (TPSA) is 48.0 Å². The highest BCUT2D eigenvalue weighted by Gasteiger charge is 2.55. The molecule has 5 rings (SSSR count). The van der Waals surface area contributed by atoms with Crippen LogP contribution in [-0.4, -0.2) is 44.2 Å². The molecular weight excluding hydrogens is 306 g/mol. The number of ether oxygens (including phenoxy) is 3. The highest BCUT2D eigenvalue weighted by Crippen LogP contribution is 2.55. The van der Waals surface area contributed by atoms with Gasteiger partial charge in [-0.2, -0.15) is 0 Å². The summed E-state index contributed by atoms with van der Waals surface area (Å²) in [5.41, 5.74) is 2.47. The number of likely N-dealkylation sites (tertiary alicyclic amines) is 1. The first-order valence-corrected chi connectivity index (χ1v) is 8.55. The summed E-state index contributed by atoms with van der Waals surface area (Å²) >= 11 is 0. The van der Waals surface area contributed by atoms with Crippen molar-refractivity contribution >= 4 is 5.78 Å². The van der Waals surface area contributed by atoms with E-state index in [2.05, 4.69) is 30.2 Å². The molecule has 2 aliphatic carbocycles. The van der Waals surface area contributed by atoms with Gasteiger partial charge in [-0.15, -0.1) is 0 Å². The second-order valence-electron chi connectivity index (χ2n) is 7.35. The number of ketones is 1. The van der Waals surface area contributed by atoms with Crippen molar-refractivity contribution in [3.63, 3.8) is 0 Å². The minimum absolute atomic E-state index is 0.127. The number of hydrogen-bond acceptors (Lipinski definition) is 5. The van der Waals surface area contributed by atoms with E-state index in [9.17, 15) is 4.79 Å². The third-order valence-corrected chi connectivity index (χ3v) is 6.39. The van der Waals surface area contributed by atoms with Crippen LogP contribution in [0.3, 0.4) is 0 Å². The molecule has 2 heterocycles. The van der Waals surface area contributed by atoms with Crippen molar-refractivity contribution in [2.45, 2.75) is 30.7 Å². The molecule has 5 nitrogen and oxygen atoms in total. The molecule has 1 aromatic rings. The van der Waals surface area contributed by atoms with E-state index in [1.54, 1.807) is 7.11 Å². The van der Waals surface area contributed by atoms with E-state index in [-0.39, 0.29) is 18.0 Å². The maximum atomic E-state index is 12.5. The number of benzene rings is 1. The second kappa shape index (κ2) is 4.76. The highest BCUT2D eigenvalue weighted by atomic mass is 16.7. The fourth-order valence-corrected chi connectivity index (χ4v) is 5.17. The number of methoxy groups -OCH3 is 1. The summed E-state index contributed by atoms with van der Waals surface area (Å²) in [5.74, 6) is 2.61. The third-order valence-electron chi connectivity index (χ3n) is 6.39. The normalized spacial score (nSPS) is 33.6. The van der Waals surface area contributed by atoms with E-state index in [1.165, 1.54) is 11.1 Å². The van der Waals surface area contributed by atoms with Gasteiger partial charge in [-0.25, -0.2) is 0 Å². The van der Waals surface area contributed by atoms with Crippen LogP contribution in [0, 0.1) is 5.92 Å². The predicted molar refractivity (Wildman–Crippen MR) is 87.2 cm³/mol. The van der Waals surface area contributed by atoms with E-state index in [0.717, 1.165) is 30.9 Å². The summed E-state index contributed by atoms with van der Waals surface area (Å²) in [6.45, 7) is 1.31. The van der Waals surface area contributed by atoms with Gasteiger partial charge < -0.3 is 19.1 Å². The molecule has 0 aromatic heterocycles. The lowest BCUT2D eigenvalue weighted by Gasteiger charge is -2.56. The molecule has 0 amide bonds. The Kier molecular flexibility index (Phi) is 2.84. The van der Waals surface area contributed by atoms with Crippen LogP contribution < -0.4 is 9.47 Å². The molecule has 0 saturated carbocycles. The first kappa shape index (κ1) is 14.3. The molecule has 126 valence electrons. The molecule has 2 aliphatic heterocycles. The Hall–Kier alpha value is -2.01. The first-order valence-electron chi connectivity index (χ1n) is 8.55. The molecule has 1 fully saturated rings. The number of likely N-dealkylation sites (N-methyl/N-ethyl adjacent to an activating group) is 1. The van der Waals surface area contributed by atoms with Crippen LogP contribution in [0.25, 0.3) is 0 Å². The first-order chi connectivity index (χ1) is 11.6. The van der Waals surface area contributed by atoms with E-state index in [1.807, 2.05) is 0 Å². The number of fused-ring (bicyclic) bond motifs is 2. The van der Waals surface area contributed by atoms with Gasteiger partial charge in [0.1, 0.15) is 0 Å². The Morgan fingerprint density at radius 1 is 1.25 bits per heavy atom. The zero-order chi connectivity index (χ0) is 16.5. The highest BCUT2D eigenvalue weighted by molar-refractivity contribution is 5.95. The van der Waals surface area contributed by atoms with Crippen molar-refractivity contribution in [3.05, 3.63) is 35.1 Å². The molecule has 0 spiro atoms. The summed E-state index contributed by atoms with van der Waals surface area (Å²) in [6.07, 6.45) is 4.61. The van der Waals surface area contributed by atoms with Crippen LogP contribution in [0.4, 0.5) is 0 Å². The van der Waals surface area contributed by atoms with Crippen molar-refractivity contribution in [3.8, 4) is 11.5 Å². The van der Waals surface area contributed by atoms with Crippen molar-refractivity contribution in [2.75, 3.05) is 27.5 Å². The van der Waals surface area contributed by atoms with Gasteiger partial charge in [-0.3, -0.25) is 4.79 Å². The minimum Gasteiger partial charge on any atom is -0.493 e. The van der Waals surface area contributed by atoms with Crippen molar-refractivity contribution in [2.24, 2.45) is 5.92 Å². The van der Waals surface area contributed by atoms with Crippen LogP contribution in [0.5, 0.6) is 11.5 Å². The molecule has 1 saturated heterocycles. The van der Waals surface area contributed by atoms with Crippen molar-refractivity contribution in [1.29, 1.82) is 0 Å². The van der Waals surface area contributed by atoms with Crippen LogP contribution >= 0.6 is 0 Å². The molecule has 0 N–H and O–H groups in total. The summed E-state index contributed by atoms with van der Waals surface area (Å²) in [6, 6.07) is 4.66. The second-order valence-corrected chi connectivity index (χ2v) is 7.35. The Morgan fingerprint density at radius 3 is 2.83 bits per heavy atom. The molecular formula is C19H21NO4. The van der Waals surface area contributed by atoms with E-state index in [0.29, 0.717) is 24.1 Å². The molecule has 24 heavy (non-hydrogen) atoms. The maximum absolute atomic E-state index is 12.5. The monoisotopic (exact) mass is 327 g/mol. The quantitative estimate of drug-likeness (QED) is 0.790.